The van der Waals surface area contributed by atoms with E-state index in [0.29, 0.717) is 5.02 Å². The number of hydrogen-bond acceptors (Lipinski definition) is 4. The van der Waals surface area contributed by atoms with E-state index in [1.54, 1.807) is 0 Å². The molecule has 0 saturated heterocycles. The Morgan fingerprint density at radius 1 is 1.50 bits per heavy atom. The molecule has 0 amide bonds. The fourth-order valence-corrected chi connectivity index (χ4v) is 3.30. The molecule has 0 fully saturated rings. The van der Waals surface area contributed by atoms with E-state index in [1.165, 1.54) is 18.2 Å². The van der Waals surface area contributed by atoms with Crippen LogP contribution in [0.15, 0.2) is 23.1 Å². The van der Waals surface area contributed by atoms with E-state index >= 15 is 0 Å². The first-order valence-electron chi connectivity index (χ1n) is 4.42. The van der Waals surface area contributed by atoms with Crippen molar-refractivity contribution in [1.82, 2.24) is 0 Å². The molecule has 7 heteroatoms. The molecule has 0 radical (unpaired) electrons. The number of benzene rings is 1. The largest absolute Gasteiger partial charge is 0.480 e. The number of aliphatic carboxylic acids is 1. The van der Waals surface area contributed by atoms with Crippen molar-refractivity contribution in [2.45, 2.75) is 10.9 Å². The summed E-state index contributed by atoms with van der Waals surface area (Å²) in [7, 11) is -3.55. The summed E-state index contributed by atoms with van der Waals surface area (Å²) in [5.41, 5.74) is 0.242. The average molecular weight is 262 g/mol. The quantitative estimate of drug-likeness (QED) is 0.788. The monoisotopic (exact) mass is 261 g/mol. The van der Waals surface area contributed by atoms with Crippen LogP contribution in [-0.4, -0.2) is 31.3 Å². The predicted molar refractivity (Wildman–Crippen MR) is 58.6 cm³/mol. The molecule has 2 N–H and O–H groups in total. The van der Waals surface area contributed by atoms with Crippen molar-refractivity contribution in [1.29, 1.82) is 0 Å². The second-order valence-corrected chi connectivity index (χ2v) is 5.90. The van der Waals surface area contributed by atoms with Crippen LogP contribution >= 0.6 is 11.6 Å². The molecule has 0 spiro atoms. The van der Waals surface area contributed by atoms with Gasteiger partial charge < -0.3 is 10.4 Å². The van der Waals surface area contributed by atoms with Gasteiger partial charge in [-0.3, -0.25) is 0 Å². The van der Waals surface area contributed by atoms with Crippen LogP contribution in [0.5, 0.6) is 0 Å². The first-order valence-corrected chi connectivity index (χ1v) is 6.45. The van der Waals surface area contributed by atoms with Crippen LogP contribution in [0.3, 0.4) is 0 Å². The number of hydrogen-bond donors (Lipinski definition) is 2. The number of carboxylic acids is 1. The maximum Gasteiger partial charge on any atom is 0.327 e. The van der Waals surface area contributed by atoms with E-state index in [9.17, 15) is 13.2 Å². The molecule has 1 aromatic carbocycles. The smallest absolute Gasteiger partial charge is 0.327 e. The average Bonchev–Trinajstić information content (AvgIpc) is 2.15. The van der Waals surface area contributed by atoms with Gasteiger partial charge in [0.15, 0.2) is 9.84 Å². The highest BCUT2D eigenvalue weighted by Crippen LogP contribution is 2.30. The van der Waals surface area contributed by atoms with E-state index in [4.69, 9.17) is 16.7 Å². The summed E-state index contributed by atoms with van der Waals surface area (Å²) >= 11 is 5.71. The van der Waals surface area contributed by atoms with Crippen LogP contribution in [0.2, 0.25) is 5.02 Å². The highest BCUT2D eigenvalue weighted by atomic mass is 35.5. The molecule has 1 aromatic rings. The maximum absolute atomic E-state index is 11.8. The fourth-order valence-electron chi connectivity index (χ4n) is 1.56. The third kappa shape index (κ3) is 1.85. The number of anilines is 1. The van der Waals surface area contributed by atoms with Crippen LogP contribution in [0, 0.1) is 0 Å². The second-order valence-electron chi connectivity index (χ2n) is 3.46. The minimum absolute atomic E-state index is 0.0920. The summed E-state index contributed by atoms with van der Waals surface area (Å²) in [5.74, 6) is -1.65. The van der Waals surface area contributed by atoms with Gasteiger partial charge in [0.2, 0.25) is 0 Å². The normalized spacial score (nSPS) is 21.9. The van der Waals surface area contributed by atoms with Crippen LogP contribution in [0.25, 0.3) is 0 Å². The topological polar surface area (TPSA) is 83.5 Å². The van der Waals surface area contributed by atoms with Gasteiger partial charge >= 0.3 is 5.97 Å². The molecule has 0 bridgehead atoms. The highest BCUT2D eigenvalue weighted by Gasteiger charge is 2.33. The summed E-state index contributed by atoms with van der Waals surface area (Å²) < 4.78 is 23.5. The Kier molecular flexibility index (Phi) is 2.55. The summed E-state index contributed by atoms with van der Waals surface area (Å²) in [5, 5.41) is 11.8. The standard InChI is InChI=1S/C9H8ClNO4S/c10-5-1-2-8-6(3-5)11-7(9(12)13)4-16(8,14)15/h1-3,7,11H,4H2,(H,12,13). The molecule has 0 aromatic heterocycles. The lowest BCUT2D eigenvalue weighted by molar-refractivity contribution is -0.137. The molecule has 1 atom stereocenters. The summed E-state index contributed by atoms with van der Waals surface area (Å²) in [6, 6.07) is 3.11. The van der Waals surface area contributed by atoms with E-state index < -0.39 is 27.6 Å². The van der Waals surface area contributed by atoms with Crippen molar-refractivity contribution >= 4 is 33.1 Å². The van der Waals surface area contributed by atoms with Gasteiger partial charge in [-0.25, -0.2) is 13.2 Å². The van der Waals surface area contributed by atoms with Gasteiger partial charge in [-0.05, 0) is 18.2 Å². The number of carbonyl (C=O) groups is 1. The Bertz CT molecular complexity index is 555. The minimum Gasteiger partial charge on any atom is -0.480 e. The molecule has 2 rings (SSSR count). The van der Waals surface area contributed by atoms with Crippen molar-refractivity contribution in [2.75, 3.05) is 11.1 Å². The highest BCUT2D eigenvalue weighted by molar-refractivity contribution is 7.91. The number of halogens is 1. The Morgan fingerprint density at radius 3 is 2.81 bits per heavy atom. The lowest BCUT2D eigenvalue weighted by atomic mass is 10.2. The zero-order valence-corrected chi connectivity index (χ0v) is 9.55. The van der Waals surface area contributed by atoms with Crippen LogP contribution in [0.4, 0.5) is 5.69 Å². The van der Waals surface area contributed by atoms with Crippen LogP contribution < -0.4 is 5.32 Å². The minimum atomic E-state index is -3.55. The molecule has 1 aliphatic rings. The zero-order valence-electron chi connectivity index (χ0n) is 7.97. The third-order valence-electron chi connectivity index (χ3n) is 2.29. The van der Waals surface area contributed by atoms with Gasteiger partial charge in [-0.15, -0.1) is 0 Å². The van der Waals surface area contributed by atoms with Crippen molar-refractivity contribution in [3.63, 3.8) is 0 Å². The number of nitrogens with one attached hydrogen (secondary N) is 1. The molecular formula is C9H8ClNO4S. The summed E-state index contributed by atoms with van der Waals surface area (Å²) in [4.78, 5) is 10.9. The molecule has 1 aliphatic heterocycles. The summed E-state index contributed by atoms with van der Waals surface area (Å²) in [6.45, 7) is 0. The number of fused-ring (bicyclic) bond motifs is 1. The molecule has 16 heavy (non-hydrogen) atoms. The van der Waals surface area contributed by atoms with Crippen molar-refractivity contribution in [3.8, 4) is 0 Å². The second kappa shape index (κ2) is 3.64. The van der Waals surface area contributed by atoms with Crippen molar-refractivity contribution in [3.05, 3.63) is 23.2 Å². The lowest BCUT2D eigenvalue weighted by Gasteiger charge is -2.24. The lowest BCUT2D eigenvalue weighted by Crippen LogP contribution is -2.40. The molecule has 1 unspecified atom stereocenters. The number of rotatable bonds is 1. The van der Waals surface area contributed by atoms with E-state index in [-0.39, 0.29) is 10.6 Å². The van der Waals surface area contributed by atoms with Gasteiger partial charge in [0.1, 0.15) is 6.04 Å². The first kappa shape index (κ1) is 11.2. The summed E-state index contributed by atoms with van der Waals surface area (Å²) in [6.07, 6.45) is 0. The van der Waals surface area contributed by atoms with E-state index in [2.05, 4.69) is 5.32 Å². The zero-order chi connectivity index (χ0) is 11.9. The molecule has 0 aliphatic carbocycles. The Labute approximate surface area is 97.0 Å². The van der Waals surface area contributed by atoms with Gasteiger partial charge in [-0.2, -0.15) is 0 Å². The maximum atomic E-state index is 11.8. The first-order chi connectivity index (χ1) is 7.40. The fraction of sp³-hybridized carbons (Fsp3) is 0.222. The Balaban J connectivity index is 2.56. The van der Waals surface area contributed by atoms with Crippen molar-refractivity contribution in [2.24, 2.45) is 0 Å². The number of carboxylic acid groups (broad SMARTS) is 1. The SMILES string of the molecule is O=C(O)C1CS(=O)(=O)c2ccc(Cl)cc2N1. The van der Waals surface area contributed by atoms with Gasteiger partial charge in [0.05, 0.1) is 16.3 Å². The Morgan fingerprint density at radius 2 is 2.19 bits per heavy atom. The third-order valence-corrected chi connectivity index (χ3v) is 4.32. The predicted octanol–water partition coefficient (Wildman–Crippen LogP) is 0.992. The molecule has 5 nitrogen and oxygen atoms in total. The van der Waals surface area contributed by atoms with Gasteiger partial charge in [0, 0.05) is 5.02 Å². The van der Waals surface area contributed by atoms with E-state index in [0.717, 1.165) is 0 Å². The molecular weight excluding hydrogens is 254 g/mol. The van der Waals surface area contributed by atoms with Gasteiger partial charge in [0.25, 0.3) is 0 Å². The number of sulfone groups is 1. The van der Waals surface area contributed by atoms with Crippen molar-refractivity contribution < 1.29 is 18.3 Å². The van der Waals surface area contributed by atoms with E-state index in [1.807, 2.05) is 0 Å². The molecule has 86 valence electrons. The van der Waals surface area contributed by atoms with Crippen LogP contribution in [0.1, 0.15) is 0 Å². The Hall–Kier alpha value is -1.27. The van der Waals surface area contributed by atoms with Gasteiger partial charge in [-0.1, -0.05) is 11.6 Å². The van der Waals surface area contributed by atoms with Crippen LogP contribution in [-0.2, 0) is 14.6 Å². The molecule has 0 saturated carbocycles. The molecule has 1 heterocycles.